The number of anilines is 1. The van der Waals surface area contributed by atoms with Crippen molar-refractivity contribution in [3.63, 3.8) is 0 Å². The number of rotatable bonds is 3. The fourth-order valence-corrected chi connectivity index (χ4v) is 5.36. The van der Waals surface area contributed by atoms with E-state index in [9.17, 15) is 4.79 Å². The molecule has 160 valence electrons. The Hall–Kier alpha value is -3.59. The lowest BCUT2D eigenvalue weighted by molar-refractivity contribution is 0.395. The highest BCUT2D eigenvalue weighted by Gasteiger charge is 2.26. The zero-order chi connectivity index (χ0) is 21.7. The lowest BCUT2D eigenvalue weighted by Gasteiger charge is -2.33. The van der Waals surface area contributed by atoms with Gasteiger partial charge in [-0.1, -0.05) is 0 Å². The van der Waals surface area contributed by atoms with Crippen LogP contribution in [0.2, 0.25) is 0 Å². The molecule has 0 bridgehead atoms. The van der Waals surface area contributed by atoms with Crippen LogP contribution in [-0.2, 0) is 0 Å². The number of nitrogens with zero attached hydrogens (tertiary/aromatic N) is 6. The maximum atomic E-state index is 12.6. The zero-order valence-electron chi connectivity index (χ0n) is 17.5. The topological polar surface area (TPSA) is 92.6 Å². The molecule has 0 radical (unpaired) electrons. The maximum Gasteiger partial charge on any atom is 0.327 e. The molecule has 0 spiro atoms. The van der Waals surface area contributed by atoms with Crippen molar-refractivity contribution >= 4 is 39.2 Å². The smallest absolute Gasteiger partial charge is 0.327 e. The van der Waals surface area contributed by atoms with Crippen LogP contribution in [0.5, 0.6) is 0 Å². The number of imidazole rings is 1. The Bertz CT molecular complexity index is 1480. The van der Waals surface area contributed by atoms with E-state index in [4.69, 9.17) is 0 Å². The summed E-state index contributed by atoms with van der Waals surface area (Å²) in [6.07, 6.45) is 6.90. The average Bonchev–Trinajstić information content (AvgIpc) is 3.46. The summed E-state index contributed by atoms with van der Waals surface area (Å²) in [6.45, 7) is 3.72. The van der Waals surface area contributed by atoms with Crippen LogP contribution in [-0.4, -0.2) is 42.6 Å². The molecule has 1 saturated heterocycles. The highest BCUT2D eigenvalue weighted by Crippen LogP contribution is 2.34. The van der Waals surface area contributed by atoms with Gasteiger partial charge in [0.1, 0.15) is 17.2 Å². The van der Waals surface area contributed by atoms with Gasteiger partial charge in [-0.25, -0.2) is 24.7 Å². The Morgan fingerprint density at radius 1 is 1.09 bits per heavy atom. The van der Waals surface area contributed by atoms with Crippen LogP contribution in [0.1, 0.15) is 24.4 Å². The van der Waals surface area contributed by atoms with Crippen molar-refractivity contribution in [1.82, 2.24) is 29.5 Å². The number of thiazole rings is 1. The van der Waals surface area contributed by atoms with Crippen LogP contribution in [0.25, 0.3) is 32.6 Å². The van der Waals surface area contributed by atoms with Gasteiger partial charge in [0.2, 0.25) is 0 Å². The third kappa shape index (κ3) is 3.08. The molecule has 1 aliphatic heterocycles. The number of hydrogen-bond acceptors (Lipinski definition) is 7. The van der Waals surface area contributed by atoms with E-state index in [0.29, 0.717) is 5.65 Å². The molecule has 0 aliphatic carbocycles. The molecular formula is C23H21N7OS. The number of piperidine rings is 1. The molecule has 0 amide bonds. The predicted octanol–water partition coefficient (Wildman–Crippen LogP) is 3.94. The molecule has 32 heavy (non-hydrogen) atoms. The third-order valence-electron chi connectivity index (χ3n) is 6.21. The van der Waals surface area contributed by atoms with Gasteiger partial charge in [0.25, 0.3) is 0 Å². The molecular weight excluding hydrogens is 422 g/mol. The number of nitrogens with one attached hydrogen (secondary N) is 1. The quantitative estimate of drug-likeness (QED) is 0.454. The van der Waals surface area contributed by atoms with Crippen molar-refractivity contribution in [2.45, 2.75) is 25.8 Å². The molecule has 5 heterocycles. The number of hydrogen-bond donors (Lipinski definition) is 1. The van der Waals surface area contributed by atoms with Crippen LogP contribution in [0, 0.1) is 6.92 Å². The van der Waals surface area contributed by atoms with Crippen LogP contribution < -0.4 is 10.6 Å². The Balaban J connectivity index is 1.34. The minimum absolute atomic E-state index is 0.0895. The number of fused-ring (bicyclic) bond motifs is 2. The van der Waals surface area contributed by atoms with E-state index in [1.165, 1.54) is 0 Å². The van der Waals surface area contributed by atoms with Crippen LogP contribution in [0.4, 0.5) is 5.82 Å². The summed E-state index contributed by atoms with van der Waals surface area (Å²) in [5.41, 5.74) is 4.60. The van der Waals surface area contributed by atoms with Gasteiger partial charge >= 0.3 is 5.69 Å². The first-order valence-electron chi connectivity index (χ1n) is 10.6. The van der Waals surface area contributed by atoms with Crippen LogP contribution >= 0.6 is 11.3 Å². The molecule has 4 aromatic heterocycles. The summed E-state index contributed by atoms with van der Waals surface area (Å²) in [7, 11) is 0. The van der Waals surface area contributed by atoms with Gasteiger partial charge in [-0.2, -0.15) is 0 Å². The van der Waals surface area contributed by atoms with Crippen molar-refractivity contribution < 1.29 is 0 Å². The first-order chi connectivity index (χ1) is 15.7. The second-order valence-corrected chi connectivity index (χ2v) is 9.01. The van der Waals surface area contributed by atoms with E-state index in [2.05, 4.69) is 48.9 Å². The highest BCUT2D eigenvalue weighted by molar-refractivity contribution is 7.13. The lowest BCUT2D eigenvalue weighted by atomic mass is 10.0. The molecule has 9 heteroatoms. The Labute approximate surface area is 187 Å². The molecule has 1 fully saturated rings. The molecule has 0 unspecified atom stereocenters. The maximum absolute atomic E-state index is 12.6. The zero-order valence-corrected chi connectivity index (χ0v) is 18.3. The summed E-state index contributed by atoms with van der Waals surface area (Å²) in [6, 6.07) is 8.25. The molecule has 5 aromatic rings. The Kier molecular flexibility index (Phi) is 4.50. The first-order valence-corrected chi connectivity index (χ1v) is 11.5. The van der Waals surface area contributed by atoms with Crippen molar-refractivity contribution in [1.29, 1.82) is 0 Å². The fourth-order valence-electron chi connectivity index (χ4n) is 4.73. The molecule has 1 N–H and O–H groups in total. The fraction of sp³-hybridized carbons (Fsp3) is 0.261. The summed E-state index contributed by atoms with van der Waals surface area (Å²) >= 11 is 1.63. The minimum atomic E-state index is -0.0895. The lowest BCUT2D eigenvalue weighted by Crippen LogP contribution is -2.37. The number of pyridine rings is 1. The summed E-state index contributed by atoms with van der Waals surface area (Å²) in [5.74, 6) is 0.947. The standard InChI is InChI=1S/C23H21N7OS/c1-14-11-15(22-25-7-10-32-22)12-17-19(14)26-13-27-21(17)29-8-4-16(5-9-29)30-18-3-2-6-24-20(18)28-23(30)31/h2-3,6-7,10-13,16H,4-5,8-9H2,1H3,(H,24,28,31). The van der Waals surface area contributed by atoms with Gasteiger partial charge in [-0.3, -0.25) is 9.55 Å². The second-order valence-electron chi connectivity index (χ2n) is 8.11. The summed E-state index contributed by atoms with van der Waals surface area (Å²) < 4.78 is 1.86. The normalized spacial score (nSPS) is 15.1. The van der Waals surface area contributed by atoms with Gasteiger partial charge < -0.3 is 4.90 Å². The Morgan fingerprint density at radius 2 is 1.97 bits per heavy atom. The van der Waals surface area contributed by atoms with Crippen LogP contribution in [0.3, 0.4) is 0 Å². The number of H-pyrrole nitrogens is 1. The van der Waals surface area contributed by atoms with Crippen molar-refractivity contribution in [3.8, 4) is 10.6 Å². The summed E-state index contributed by atoms with van der Waals surface area (Å²) in [4.78, 5) is 35.7. The van der Waals surface area contributed by atoms with E-state index in [-0.39, 0.29) is 11.7 Å². The van der Waals surface area contributed by atoms with Gasteiger partial charge in [0.15, 0.2) is 5.65 Å². The molecule has 1 aromatic carbocycles. The van der Waals surface area contributed by atoms with Gasteiger partial charge in [0, 0.05) is 47.9 Å². The SMILES string of the molecule is Cc1cc(-c2nccs2)cc2c(N3CCC(n4c(=O)[nH]c5ncccc54)CC3)ncnc12. The van der Waals surface area contributed by atoms with E-state index < -0.39 is 0 Å². The minimum Gasteiger partial charge on any atom is -0.356 e. The first kappa shape index (κ1) is 19.1. The summed E-state index contributed by atoms with van der Waals surface area (Å²) in [5, 5.41) is 4.03. The monoisotopic (exact) mass is 443 g/mol. The van der Waals surface area contributed by atoms with Crippen molar-refractivity contribution in [2.75, 3.05) is 18.0 Å². The third-order valence-corrected chi connectivity index (χ3v) is 7.03. The molecule has 0 saturated carbocycles. The van der Waals surface area contributed by atoms with E-state index in [1.54, 1.807) is 23.9 Å². The second kappa shape index (κ2) is 7.52. The van der Waals surface area contributed by atoms with E-state index in [1.807, 2.05) is 28.3 Å². The number of aromatic nitrogens is 6. The van der Waals surface area contributed by atoms with Gasteiger partial charge in [0.05, 0.1) is 11.0 Å². The number of aromatic amines is 1. The molecule has 6 rings (SSSR count). The predicted molar refractivity (Wildman–Crippen MR) is 126 cm³/mol. The van der Waals surface area contributed by atoms with Gasteiger partial charge in [-0.15, -0.1) is 11.3 Å². The molecule has 8 nitrogen and oxygen atoms in total. The largest absolute Gasteiger partial charge is 0.356 e. The average molecular weight is 444 g/mol. The number of benzene rings is 1. The van der Waals surface area contributed by atoms with Gasteiger partial charge in [-0.05, 0) is 49.6 Å². The van der Waals surface area contributed by atoms with Crippen LogP contribution in [0.15, 0.2) is 53.2 Å². The van der Waals surface area contributed by atoms with Crippen molar-refractivity contribution in [2.24, 2.45) is 0 Å². The van der Waals surface area contributed by atoms with E-state index in [0.717, 1.165) is 64.3 Å². The number of aryl methyl sites for hydroxylation is 1. The highest BCUT2D eigenvalue weighted by atomic mass is 32.1. The van der Waals surface area contributed by atoms with Crippen molar-refractivity contribution in [3.05, 3.63) is 64.4 Å². The molecule has 1 aliphatic rings. The Morgan fingerprint density at radius 3 is 2.78 bits per heavy atom. The van der Waals surface area contributed by atoms with E-state index >= 15 is 0 Å². The molecule has 0 atom stereocenters.